The van der Waals surface area contributed by atoms with Gasteiger partial charge >= 0.3 is 11.9 Å². The lowest BCUT2D eigenvalue weighted by Crippen LogP contribution is -2.59. The van der Waals surface area contributed by atoms with Gasteiger partial charge in [0, 0.05) is 19.5 Å². The summed E-state index contributed by atoms with van der Waals surface area (Å²) in [5.74, 6) is -0.859. The lowest BCUT2D eigenvalue weighted by Gasteiger charge is -2.40. The Morgan fingerprint density at radius 1 is 1.02 bits per heavy atom. The van der Waals surface area contributed by atoms with Crippen molar-refractivity contribution in [1.29, 1.82) is 0 Å². The van der Waals surface area contributed by atoms with Crippen LogP contribution in [0.2, 0.25) is 0 Å². The first-order valence-electron chi connectivity index (χ1n) is 15.0. The van der Waals surface area contributed by atoms with E-state index in [2.05, 4.69) is 12.2 Å². The van der Waals surface area contributed by atoms with Crippen LogP contribution >= 0.6 is 0 Å². The van der Waals surface area contributed by atoms with Crippen LogP contribution in [0.1, 0.15) is 78.2 Å². The molecule has 1 N–H and O–H groups in total. The molecule has 2 amide bonds. The molecule has 2 aliphatic rings. The van der Waals surface area contributed by atoms with E-state index >= 15 is 0 Å². The summed E-state index contributed by atoms with van der Waals surface area (Å²) in [6.07, 6.45) is 5.79. The maximum absolute atomic E-state index is 14.0. The zero-order chi connectivity index (χ0) is 29.1. The van der Waals surface area contributed by atoms with Crippen molar-refractivity contribution in [1.82, 2.24) is 15.1 Å². The molecule has 2 aliphatic heterocycles. The lowest BCUT2D eigenvalue weighted by molar-refractivity contribution is -0.156. The highest BCUT2D eigenvalue weighted by molar-refractivity contribution is 5.89. The van der Waals surface area contributed by atoms with Gasteiger partial charge in [-0.25, -0.2) is 4.79 Å². The minimum Gasteiger partial charge on any atom is -0.465 e. The second-order valence-corrected chi connectivity index (χ2v) is 10.9. The summed E-state index contributed by atoms with van der Waals surface area (Å²) in [5.41, 5.74) is 1.09. The van der Waals surface area contributed by atoms with Gasteiger partial charge in [0.05, 0.1) is 25.3 Å². The van der Waals surface area contributed by atoms with Gasteiger partial charge < -0.3 is 19.3 Å². The van der Waals surface area contributed by atoms with Crippen LogP contribution in [0.4, 0.5) is 0 Å². The Balaban J connectivity index is 1.76. The Hall–Kier alpha value is -2.94. The zero-order valence-electron chi connectivity index (χ0n) is 24.6. The highest BCUT2D eigenvalue weighted by Crippen LogP contribution is 2.37. The summed E-state index contributed by atoms with van der Waals surface area (Å²) in [5, 5.41) is 3.21. The summed E-state index contributed by atoms with van der Waals surface area (Å²) in [6, 6.07) is 7.48. The highest BCUT2D eigenvalue weighted by atomic mass is 16.5. The van der Waals surface area contributed by atoms with E-state index in [-0.39, 0.29) is 37.0 Å². The van der Waals surface area contributed by atoms with Gasteiger partial charge in [-0.3, -0.25) is 19.7 Å². The van der Waals surface area contributed by atoms with Crippen LogP contribution in [-0.4, -0.2) is 84.0 Å². The van der Waals surface area contributed by atoms with Crippen molar-refractivity contribution in [3.63, 3.8) is 0 Å². The van der Waals surface area contributed by atoms with Gasteiger partial charge in [0.25, 0.3) is 0 Å². The second kappa shape index (κ2) is 15.7. The first kappa shape index (κ1) is 31.6. The largest absolute Gasteiger partial charge is 0.465 e. The molecule has 5 atom stereocenters. The minimum atomic E-state index is -0.739. The average Bonchev–Trinajstić information content (AvgIpc) is 3.34. The molecule has 2 saturated heterocycles. The molecule has 0 aliphatic carbocycles. The van der Waals surface area contributed by atoms with Gasteiger partial charge in [-0.2, -0.15) is 0 Å². The van der Waals surface area contributed by atoms with Crippen molar-refractivity contribution in [2.45, 2.75) is 103 Å². The van der Waals surface area contributed by atoms with Gasteiger partial charge in [-0.15, -0.1) is 0 Å². The SMILES string of the molecule is CCCCCC(=O)N1CC[C@@H]2C[C@H](C(=O)OCC)N(C(=O)[C@H](C)N[C@@H](CCc3ccccc3)C(=O)OCC)[C@H]2C1. The number of likely N-dealkylation sites (tertiary alicyclic amines) is 2. The van der Waals surface area contributed by atoms with E-state index < -0.39 is 30.1 Å². The molecule has 9 nitrogen and oxygen atoms in total. The van der Waals surface area contributed by atoms with Crippen LogP contribution in [0, 0.1) is 5.92 Å². The Labute approximate surface area is 238 Å². The van der Waals surface area contributed by atoms with Crippen LogP contribution in [-0.2, 0) is 35.1 Å². The zero-order valence-corrected chi connectivity index (χ0v) is 24.6. The molecule has 40 heavy (non-hydrogen) atoms. The van der Waals surface area contributed by atoms with Crippen molar-refractivity contribution in [2.75, 3.05) is 26.3 Å². The number of benzene rings is 1. The number of hydrogen-bond donors (Lipinski definition) is 1. The number of hydrogen-bond acceptors (Lipinski definition) is 7. The molecule has 3 rings (SSSR count). The molecule has 9 heteroatoms. The van der Waals surface area contributed by atoms with Gasteiger partial charge in [0.1, 0.15) is 12.1 Å². The standard InChI is InChI=1S/C31H47N3O6/c1-5-8-10-15-28(35)33-19-18-24-20-26(31(38)40-7-3)34(27(24)21-33)29(36)22(4)32-25(30(37)39-6-2)17-16-23-13-11-9-12-14-23/h9,11-14,22,24-27,32H,5-8,10,15-21H2,1-4H3/t22-,24+,25-,26+,27-/m0/s1. The maximum Gasteiger partial charge on any atom is 0.328 e. The Kier molecular flexibility index (Phi) is 12.4. The van der Waals surface area contributed by atoms with Crippen molar-refractivity contribution in [3.05, 3.63) is 35.9 Å². The number of unbranched alkanes of at least 4 members (excludes halogenated alkanes) is 2. The van der Waals surface area contributed by atoms with Gasteiger partial charge in [-0.1, -0.05) is 50.1 Å². The molecule has 1 aromatic rings. The molecule has 0 unspecified atom stereocenters. The van der Waals surface area contributed by atoms with E-state index in [9.17, 15) is 19.2 Å². The number of rotatable bonds is 14. The molecule has 1 aromatic carbocycles. The second-order valence-electron chi connectivity index (χ2n) is 10.9. The summed E-state index contributed by atoms with van der Waals surface area (Å²) < 4.78 is 10.7. The van der Waals surface area contributed by atoms with E-state index in [1.807, 2.05) is 35.2 Å². The number of carbonyl (C=O) groups is 4. The third-order valence-corrected chi connectivity index (χ3v) is 8.06. The van der Waals surface area contributed by atoms with Crippen LogP contribution in [0.15, 0.2) is 30.3 Å². The number of nitrogens with one attached hydrogen (secondary N) is 1. The van der Waals surface area contributed by atoms with Gasteiger partial charge in [-0.05, 0) is 64.4 Å². The molecule has 0 spiro atoms. The first-order valence-corrected chi connectivity index (χ1v) is 15.0. The first-order chi connectivity index (χ1) is 19.3. The number of esters is 2. The fourth-order valence-electron chi connectivity index (χ4n) is 5.94. The van der Waals surface area contributed by atoms with Gasteiger partial charge in [0.15, 0.2) is 0 Å². The van der Waals surface area contributed by atoms with E-state index in [1.165, 1.54) is 0 Å². The van der Waals surface area contributed by atoms with Crippen LogP contribution in [0.25, 0.3) is 0 Å². The van der Waals surface area contributed by atoms with Crippen LogP contribution < -0.4 is 5.32 Å². The normalized spacial score (nSPS) is 21.9. The average molecular weight is 558 g/mol. The fourth-order valence-corrected chi connectivity index (χ4v) is 5.94. The number of carbonyl (C=O) groups excluding carboxylic acids is 4. The Bertz CT molecular complexity index is 987. The monoisotopic (exact) mass is 557 g/mol. The number of amides is 2. The minimum absolute atomic E-state index is 0.105. The van der Waals surface area contributed by atoms with E-state index in [4.69, 9.17) is 9.47 Å². The van der Waals surface area contributed by atoms with Crippen molar-refractivity contribution in [3.8, 4) is 0 Å². The Morgan fingerprint density at radius 3 is 2.42 bits per heavy atom. The molecule has 222 valence electrons. The molecular formula is C31H47N3O6. The number of piperidine rings is 1. The molecular weight excluding hydrogens is 510 g/mol. The third-order valence-electron chi connectivity index (χ3n) is 8.06. The van der Waals surface area contributed by atoms with E-state index in [0.29, 0.717) is 38.8 Å². The number of ether oxygens (including phenoxy) is 2. The van der Waals surface area contributed by atoms with Crippen LogP contribution in [0.3, 0.4) is 0 Å². The van der Waals surface area contributed by atoms with Crippen molar-refractivity contribution < 1.29 is 28.7 Å². The molecule has 0 aromatic heterocycles. The topological polar surface area (TPSA) is 105 Å². The quantitative estimate of drug-likeness (QED) is 0.276. The molecule has 0 saturated carbocycles. The summed E-state index contributed by atoms with van der Waals surface area (Å²) in [7, 11) is 0. The maximum atomic E-state index is 14.0. The third kappa shape index (κ3) is 8.29. The van der Waals surface area contributed by atoms with E-state index in [0.717, 1.165) is 31.2 Å². The van der Waals surface area contributed by atoms with E-state index in [1.54, 1.807) is 25.7 Å². The summed E-state index contributed by atoms with van der Waals surface area (Å²) in [6.45, 7) is 8.87. The summed E-state index contributed by atoms with van der Waals surface area (Å²) >= 11 is 0. The molecule has 2 heterocycles. The Morgan fingerprint density at radius 2 is 1.75 bits per heavy atom. The predicted molar refractivity (Wildman–Crippen MR) is 152 cm³/mol. The lowest BCUT2D eigenvalue weighted by atomic mass is 9.91. The predicted octanol–water partition coefficient (Wildman–Crippen LogP) is 3.49. The smallest absolute Gasteiger partial charge is 0.328 e. The molecule has 2 fully saturated rings. The van der Waals surface area contributed by atoms with Crippen LogP contribution in [0.5, 0.6) is 0 Å². The fraction of sp³-hybridized carbons (Fsp3) is 0.677. The number of aryl methyl sites for hydroxylation is 1. The van der Waals surface area contributed by atoms with Crippen molar-refractivity contribution >= 4 is 23.8 Å². The number of fused-ring (bicyclic) bond motifs is 1. The van der Waals surface area contributed by atoms with Gasteiger partial charge in [0.2, 0.25) is 11.8 Å². The number of nitrogens with zero attached hydrogens (tertiary/aromatic N) is 2. The highest BCUT2D eigenvalue weighted by Gasteiger charge is 2.50. The summed E-state index contributed by atoms with van der Waals surface area (Å²) in [4.78, 5) is 56.2. The molecule has 0 radical (unpaired) electrons. The van der Waals surface area contributed by atoms with Crippen molar-refractivity contribution in [2.24, 2.45) is 5.92 Å². The molecule has 0 bridgehead atoms.